The highest BCUT2D eigenvalue weighted by Crippen LogP contribution is 2.33. The third-order valence-corrected chi connectivity index (χ3v) is 13.0. The summed E-state index contributed by atoms with van der Waals surface area (Å²) in [4.78, 5) is 0. The summed E-state index contributed by atoms with van der Waals surface area (Å²) in [5, 5.41) is 1.15. The van der Waals surface area contributed by atoms with Crippen LogP contribution in [0.15, 0.2) is 91.0 Å². The molecule has 0 aliphatic carbocycles. The molecule has 0 saturated heterocycles. The fraction of sp³-hybridized carbons (Fsp3) is 0.250. The van der Waals surface area contributed by atoms with E-state index in [4.69, 9.17) is 13.3 Å². The molecular weight excluding hydrogens is 392 g/mol. The maximum absolute atomic E-state index is 6.88. The van der Waals surface area contributed by atoms with Gasteiger partial charge in [-0.2, -0.15) is 0 Å². The Balaban J connectivity index is 2.00. The van der Waals surface area contributed by atoms with Gasteiger partial charge in [0.15, 0.2) is 0 Å². The Morgan fingerprint density at radius 1 is 0.690 bits per heavy atom. The van der Waals surface area contributed by atoms with Gasteiger partial charge in [-0.15, -0.1) is 0 Å². The molecule has 152 valence electrons. The molecule has 0 bridgehead atoms. The van der Waals surface area contributed by atoms with Gasteiger partial charge in [0, 0.05) is 13.2 Å². The van der Waals surface area contributed by atoms with Crippen molar-refractivity contribution in [2.24, 2.45) is 0 Å². The number of hydrogen-bond donors (Lipinski definition) is 0. The number of benzene rings is 3. The smallest absolute Gasteiger partial charge is 0.374 e. The fourth-order valence-corrected chi connectivity index (χ4v) is 11.2. The highest BCUT2D eigenvalue weighted by molar-refractivity contribution is 7.22. The molecule has 0 amide bonds. The topological polar surface area (TPSA) is 27.7 Å². The molecule has 0 saturated carbocycles. The zero-order chi connectivity index (χ0) is 20.6. The van der Waals surface area contributed by atoms with Crippen molar-refractivity contribution in [2.45, 2.75) is 26.4 Å². The van der Waals surface area contributed by atoms with Crippen LogP contribution >= 0.6 is 0 Å². The lowest BCUT2D eigenvalue weighted by Gasteiger charge is -2.37. The summed E-state index contributed by atoms with van der Waals surface area (Å²) in [5.74, 6) is 0. The minimum absolute atomic E-state index is 0.546. The van der Waals surface area contributed by atoms with E-state index in [0.717, 1.165) is 16.3 Å². The van der Waals surface area contributed by atoms with E-state index in [1.165, 1.54) is 0 Å². The zero-order valence-corrected chi connectivity index (χ0v) is 19.9. The van der Waals surface area contributed by atoms with Gasteiger partial charge in [-0.1, -0.05) is 91.0 Å². The molecular formula is C24H30O3Si2. The second-order valence-electron chi connectivity index (χ2n) is 7.04. The maximum Gasteiger partial charge on any atom is 0.374 e. The lowest BCUT2D eigenvalue weighted by atomic mass is 9.88. The molecule has 3 nitrogen and oxygen atoms in total. The molecule has 3 aromatic rings. The Hall–Kier alpha value is -2.03. The van der Waals surface area contributed by atoms with Gasteiger partial charge in [0.2, 0.25) is 9.28 Å². The molecule has 0 radical (unpaired) electrons. The van der Waals surface area contributed by atoms with Crippen molar-refractivity contribution in [1.29, 1.82) is 0 Å². The molecule has 5 heteroatoms. The van der Waals surface area contributed by atoms with Crippen LogP contribution in [-0.4, -0.2) is 30.6 Å². The minimum atomic E-state index is -2.63. The average Bonchev–Trinajstić information content (AvgIpc) is 2.79. The van der Waals surface area contributed by atoms with E-state index < -0.39 is 23.0 Å². The van der Waals surface area contributed by atoms with Crippen molar-refractivity contribution >= 4 is 22.5 Å². The monoisotopic (exact) mass is 422 g/mol. The van der Waals surface area contributed by atoms with Crippen LogP contribution in [0.25, 0.3) is 0 Å². The fourth-order valence-electron chi connectivity index (χ4n) is 3.62. The SMILES string of the molecule is CCO[Si](OCC)([SiH2]OC(C)(c1ccccc1)c1ccccc1)c1ccccc1. The van der Waals surface area contributed by atoms with Gasteiger partial charge in [-0.3, -0.25) is 0 Å². The Morgan fingerprint density at radius 2 is 1.10 bits per heavy atom. The van der Waals surface area contributed by atoms with Crippen LogP contribution in [0, 0.1) is 0 Å². The molecule has 0 spiro atoms. The van der Waals surface area contributed by atoms with Crippen molar-refractivity contribution in [2.75, 3.05) is 13.2 Å². The Morgan fingerprint density at radius 3 is 1.52 bits per heavy atom. The predicted octanol–water partition coefficient (Wildman–Crippen LogP) is 3.97. The molecule has 0 atom stereocenters. The molecule has 0 N–H and O–H groups in total. The summed E-state index contributed by atoms with van der Waals surface area (Å²) in [6, 6.07) is 31.2. The summed E-state index contributed by atoms with van der Waals surface area (Å²) in [6.07, 6.45) is 0. The molecule has 3 aromatic carbocycles. The third-order valence-electron chi connectivity index (χ3n) is 5.17. The maximum atomic E-state index is 6.88. The molecule has 0 aromatic heterocycles. The van der Waals surface area contributed by atoms with Crippen LogP contribution in [0.4, 0.5) is 0 Å². The third kappa shape index (κ3) is 4.94. The highest BCUT2D eigenvalue weighted by Gasteiger charge is 2.44. The first-order valence-electron chi connectivity index (χ1n) is 10.2. The summed E-state index contributed by atoms with van der Waals surface area (Å²) < 4.78 is 19.6. The average molecular weight is 423 g/mol. The van der Waals surface area contributed by atoms with Gasteiger partial charge in [0.05, 0.1) is 0 Å². The van der Waals surface area contributed by atoms with Crippen LogP contribution in [0.3, 0.4) is 0 Å². The van der Waals surface area contributed by atoms with Gasteiger partial charge in [-0.05, 0) is 37.1 Å². The minimum Gasteiger partial charge on any atom is -0.408 e. The van der Waals surface area contributed by atoms with E-state index >= 15 is 0 Å². The van der Waals surface area contributed by atoms with Crippen LogP contribution < -0.4 is 5.19 Å². The van der Waals surface area contributed by atoms with Gasteiger partial charge >= 0.3 is 8.08 Å². The van der Waals surface area contributed by atoms with Crippen LogP contribution in [0.5, 0.6) is 0 Å². The summed E-state index contributed by atoms with van der Waals surface area (Å²) in [5.41, 5.74) is 1.74. The van der Waals surface area contributed by atoms with E-state index in [9.17, 15) is 0 Å². The Labute approximate surface area is 177 Å². The number of rotatable bonds is 10. The summed E-state index contributed by atoms with van der Waals surface area (Å²) in [6.45, 7) is 7.46. The zero-order valence-electron chi connectivity index (χ0n) is 17.5. The van der Waals surface area contributed by atoms with E-state index in [2.05, 4.69) is 79.7 Å². The first kappa shape index (κ1) is 21.7. The van der Waals surface area contributed by atoms with E-state index in [1.807, 2.05) is 32.0 Å². The number of hydrogen-bond acceptors (Lipinski definition) is 3. The van der Waals surface area contributed by atoms with Gasteiger partial charge in [0.25, 0.3) is 0 Å². The van der Waals surface area contributed by atoms with Gasteiger partial charge < -0.3 is 13.3 Å². The van der Waals surface area contributed by atoms with E-state index in [0.29, 0.717) is 13.2 Å². The van der Waals surface area contributed by atoms with Crippen molar-refractivity contribution in [3.05, 3.63) is 102 Å². The molecule has 0 aliphatic heterocycles. The van der Waals surface area contributed by atoms with Gasteiger partial charge in [-0.25, -0.2) is 0 Å². The van der Waals surface area contributed by atoms with Gasteiger partial charge in [0.1, 0.15) is 5.60 Å². The molecule has 0 aliphatic rings. The molecule has 0 unspecified atom stereocenters. The van der Waals surface area contributed by atoms with Crippen molar-refractivity contribution in [3.63, 3.8) is 0 Å². The van der Waals surface area contributed by atoms with Crippen LogP contribution in [-0.2, 0) is 18.9 Å². The standard InChI is InChI=1S/C24H30O3Si2/c1-4-25-29(26-5-2,23-19-13-8-14-20-23)28-27-24(3,21-15-9-6-10-16-21)22-17-11-7-12-18-22/h6-20H,4-5,28H2,1-3H3. The molecule has 0 fully saturated rings. The van der Waals surface area contributed by atoms with E-state index in [1.54, 1.807) is 0 Å². The first-order chi connectivity index (χ1) is 14.1. The van der Waals surface area contributed by atoms with Crippen LogP contribution in [0.1, 0.15) is 31.9 Å². The second kappa shape index (κ2) is 10.1. The van der Waals surface area contributed by atoms with Crippen molar-refractivity contribution in [1.82, 2.24) is 0 Å². The molecule has 3 rings (SSSR count). The predicted molar refractivity (Wildman–Crippen MR) is 124 cm³/mol. The first-order valence-corrected chi connectivity index (χ1v) is 15.0. The summed E-state index contributed by atoms with van der Waals surface area (Å²) in [7, 11) is -3.83. The van der Waals surface area contributed by atoms with Crippen molar-refractivity contribution in [3.8, 4) is 0 Å². The van der Waals surface area contributed by atoms with E-state index in [-0.39, 0.29) is 0 Å². The lowest BCUT2D eigenvalue weighted by Crippen LogP contribution is -2.61. The van der Waals surface area contributed by atoms with Crippen molar-refractivity contribution < 1.29 is 13.3 Å². The largest absolute Gasteiger partial charge is 0.408 e. The second-order valence-corrected chi connectivity index (χ2v) is 13.9. The van der Waals surface area contributed by atoms with Crippen LogP contribution in [0.2, 0.25) is 0 Å². The quantitative estimate of drug-likeness (QED) is 0.463. The summed E-state index contributed by atoms with van der Waals surface area (Å²) >= 11 is 0. The normalized spacial score (nSPS) is 12.5. The Kier molecular flexibility index (Phi) is 7.58. The molecule has 0 heterocycles. The lowest BCUT2D eigenvalue weighted by molar-refractivity contribution is 0.133. The Bertz CT molecular complexity index is 812. The highest BCUT2D eigenvalue weighted by atomic mass is 29.2. The molecule has 29 heavy (non-hydrogen) atoms.